The SMILES string of the molecule is CCN1C(=O)COC(C(=O)O)C1c1ccc(SC)cc1. The van der Waals surface area contributed by atoms with Gasteiger partial charge in [-0.25, -0.2) is 4.79 Å². The molecule has 2 rings (SSSR count). The van der Waals surface area contributed by atoms with Crippen LogP contribution in [0.3, 0.4) is 0 Å². The van der Waals surface area contributed by atoms with E-state index >= 15 is 0 Å². The van der Waals surface area contributed by atoms with Crippen LogP contribution < -0.4 is 0 Å². The van der Waals surface area contributed by atoms with Gasteiger partial charge in [-0.15, -0.1) is 11.8 Å². The van der Waals surface area contributed by atoms with Gasteiger partial charge in [0, 0.05) is 11.4 Å². The second kappa shape index (κ2) is 6.28. The fourth-order valence-corrected chi connectivity index (χ4v) is 2.80. The van der Waals surface area contributed by atoms with Gasteiger partial charge < -0.3 is 14.7 Å². The van der Waals surface area contributed by atoms with Gasteiger partial charge >= 0.3 is 5.97 Å². The first kappa shape index (κ1) is 14.9. The zero-order valence-corrected chi connectivity index (χ0v) is 12.2. The van der Waals surface area contributed by atoms with Crippen molar-refractivity contribution in [2.75, 3.05) is 19.4 Å². The first-order chi connectivity index (χ1) is 9.58. The van der Waals surface area contributed by atoms with Crippen molar-refractivity contribution in [3.8, 4) is 0 Å². The summed E-state index contributed by atoms with van der Waals surface area (Å²) in [6, 6.07) is 6.99. The molecular weight excluding hydrogens is 278 g/mol. The van der Waals surface area contributed by atoms with Crippen molar-refractivity contribution in [1.29, 1.82) is 0 Å². The van der Waals surface area contributed by atoms with E-state index in [0.29, 0.717) is 6.54 Å². The lowest BCUT2D eigenvalue weighted by molar-refractivity contribution is -0.172. The van der Waals surface area contributed by atoms with Gasteiger partial charge in [0.2, 0.25) is 5.91 Å². The van der Waals surface area contributed by atoms with Gasteiger partial charge in [-0.2, -0.15) is 0 Å². The highest BCUT2D eigenvalue weighted by molar-refractivity contribution is 7.98. The summed E-state index contributed by atoms with van der Waals surface area (Å²) in [4.78, 5) is 25.9. The number of benzene rings is 1. The van der Waals surface area contributed by atoms with Crippen LogP contribution >= 0.6 is 11.8 Å². The monoisotopic (exact) mass is 295 g/mol. The Morgan fingerprint density at radius 3 is 2.60 bits per heavy atom. The molecule has 0 aromatic heterocycles. The Kier molecular flexibility index (Phi) is 4.67. The molecule has 1 amide bonds. The van der Waals surface area contributed by atoms with Crippen LogP contribution in [0, 0.1) is 0 Å². The summed E-state index contributed by atoms with van der Waals surface area (Å²) >= 11 is 1.61. The van der Waals surface area contributed by atoms with Gasteiger partial charge in [0.05, 0.1) is 6.04 Å². The Hall–Kier alpha value is -1.53. The topological polar surface area (TPSA) is 66.8 Å². The Morgan fingerprint density at radius 2 is 2.10 bits per heavy atom. The van der Waals surface area contributed by atoms with Gasteiger partial charge in [-0.05, 0) is 30.9 Å². The summed E-state index contributed by atoms with van der Waals surface area (Å²) in [5, 5.41) is 9.30. The van der Waals surface area contributed by atoms with Crippen LogP contribution in [0.1, 0.15) is 18.5 Å². The van der Waals surface area contributed by atoms with E-state index in [2.05, 4.69) is 0 Å². The van der Waals surface area contributed by atoms with E-state index in [1.807, 2.05) is 37.4 Å². The number of morpholine rings is 1. The molecule has 0 radical (unpaired) electrons. The largest absolute Gasteiger partial charge is 0.479 e. The number of carboxylic acids is 1. The average molecular weight is 295 g/mol. The number of rotatable bonds is 4. The van der Waals surface area contributed by atoms with E-state index in [4.69, 9.17) is 4.74 Å². The number of hydrogen-bond acceptors (Lipinski definition) is 4. The number of carboxylic acid groups (broad SMARTS) is 1. The minimum absolute atomic E-state index is 0.176. The van der Waals surface area contributed by atoms with Gasteiger partial charge in [-0.3, -0.25) is 4.79 Å². The van der Waals surface area contributed by atoms with E-state index in [-0.39, 0.29) is 12.5 Å². The Morgan fingerprint density at radius 1 is 1.45 bits per heavy atom. The fraction of sp³-hybridized carbons (Fsp3) is 0.429. The summed E-state index contributed by atoms with van der Waals surface area (Å²) in [6.07, 6.45) is 0.952. The van der Waals surface area contributed by atoms with E-state index in [1.165, 1.54) is 0 Å². The molecule has 5 nitrogen and oxygen atoms in total. The lowest BCUT2D eigenvalue weighted by Gasteiger charge is -2.38. The predicted octanol–water partition coefficient (Wildman–Crippen LogP) is 1.78. The maximum Gasteiger partial charge on any atom is 0.335 e. The van der Waals surface area contributed by atoms with Crippen molar-refractivity contribution < 1.29 is 19.4 Å². The zero-order valence-electron chi connectivity index (χ0n) is 11.4. The molecule has 6 heteroatoms. The Bertz CT molecular complexity index is 500. The van der Waals surface area contributed by atoms with Crippen molar-refractivity contribution >= 4 is 23.6 Å². The molecular formula is C14H17NO4S. The normalized spacial score (nSPS) is 22.9. The smallest absolute Gasteiger partial charge is 0.335 e. The van der Waals surface area contributed by atoms with Crippen LogP contribution in [-0.4, -0.2) is 47.4 Å². The number of ether oxygens (including phenoxy) is 1. The van der Waals surface area contributed by atoms with Crippen molar-refractivity contribution in [2.45, 2.75) is 24.0 Å². The Labute approximate surface area is 121 Å². The summed E-state index contributed by atoms with van der Waals surface area (Å²) in [5.74, 6) is -1.22. The van der Waals surface area contributed by atoms with Gasteiger partial charge in [0.1, 0.15) is 6.61 Å². The first-order valence-electron chi connectivity index (χ1n) is 6.36. The molecule has 0 saturated carbocycles. The van der Waals surface area contributed by atoms with Crippen LogP contribution in [0.15, 0.2) is 29.2 Å². The maximum atomic E-state index is 11.9. The van der Waals surface area contributed by atoms with E-state index < -0.39 is 18.1 Å². The number of carbonyl (C=O) groups is 2. The number of hydrogen-bond donors (Lipinski definition) is 1. The van der Waals surface area contributed by atoms with Crippen LogP contribution in [-0.2, 0) is 14.3 Å². The predicted molar refractivity (Wildman–Crippen MR) is 75.7 cm³/mol. The number of likely N-dealkylation sites (N-methyl/N-ethyl adjacent to an activating group) is 1. The summed E-state index contributed by atoms with van der Waals surface area (Å²) in [5.41, 5.74) is 0.783. The number of carbonyl (C=O) groups excluding carboxylic acids is 1. The molecule has 1 heterocycles. The third-order valence-electron chi connectivity index (χ3n) is 3.37. The Balaban J connectivity index is 2.38. The average Bonchev–Trinajstić information content (AvgIpc) is 2.46. The minimum Gasteiger partial charge on any atom is -0.479 e. The van der Waals surface area contributed by atoms with Crippen molar-refractivity contribution in [2.24, 2.45) is 0 Å². The highest BCUT2D eigenvalue weighted by Gasteiger charge is 2.41. The number of aliphatic carboxylic acids is 1. The van der Waals surface area contributed by atoms with Crippen LogP contribution in [0.25, 0.3) is 0 Å². The molecule has 0 aliphatic carbocycles. The third kappa shape index (κ3) is 2.81. The van der Waals surface area contributed by atoms with Crippen LogP contribution in [0.4, 0.5) is 0 Å². The first-order valence-corrected chi connectivity index (χ1v) is 7.58. The molecule has 1 aromatic carbocycles. The molecule has 0 bridgehead atoms. The van der Waals surface area contributed by atoms with E-state index in [0.717, 1.165) is 10.5 Å². The highest BCUT2D eigenvalue weighted by atomic mass is 32.2. The molecule has 1 saturated heterocycles. The molecule has 1 aliphatic heterocycles. The third-order valence-corrected chi connectivity index (χ3v) is 4.11. The number of thioether (sulfide) groups is 1. The summed E-state index contributed by atoms with van der Waals surface area (Å²) in [7, 11) is 0. The van der Waals surface area contributed by atoms with Crippen molar-refractivity contribution in [3.63, 3.8) is 0 Å². The van der Waals surface area contributed by atoms with Gasteiger partial charge in [0.25, 0.3) is 0 Å². The van der Waals surface area contributed by atoms with Crippen LogP contribution in [0.2, 0.25) is 0 Å². The standard InChI is InChI=1S/C14H17NO4S/c1-3-15-11(16)8-19-13(14(17)18)12(15)9-4-6-10(20-2)7-5-9/h4-7,12-13H,3,8H2,1-2H3,(H,17,18). The lowest BCUT2D eigenvalue weighted by atomic mass is 9.98. The summed E-state index contributed by atoms with van der Waals surface area (Å²) in [6.45, 7) is 2.12. The molecule has 2 unspecified atom stereocenters. The maximum absolute atomic E-state index is 11.9. The molecule has 108 valence electrons. The van der Waals surface area contributed by atoms with E-state index in [1.54, 1.807) is 16.7 Å². The van der Waals surface area contributed by atoms with Crippen molar-refractivity contribution in [3.05, 3.63) is 29.8 Å². The molecule has 1 fully saturated rings. The molecule has 20 heavy (non-hydrogen) atoms. The second-order valence-electron chi connectivity index (χ2n) is 4.47. The molecule has 0 spiro atoms. The summed E-state index contributed by atoms with van der Waals surface area (Å²) < 4.78 is 5.21. The minimum atomic E-state index is -1.05. The molecule has 1 aliphatic rings. The number of nitrogens with zero attached hydrogens (tertiary/aromatic N) is 1. The molecule has 1 aromatic rings. The highest BCUT2D eigenvalue weighted by Crippen LogP contribution is 2.31. The van der Waals surface area contributed by atoms with Gasteiger partial charge in [0.15, 0.2) is 6.10 Å². The van der Waals surface area contributed by atoms with E-state index in [9.17, 15) is 14.7 Å². The molecule has 1 N–H and O–H groups in total. The van der Waals surface area contributed by atoms with Crippen LogP contribution in [0.5, 0.6) is 0 Å². The zero-order chi connectivity index (χ0) is 14.7. The molecule has 2 atom stereocenters. The lowest BCUT2D eigenvalue weighted by Crippen LogP contribution is -2.51. The number of amides is 1. The fourth-order valence-electron chi connectivity index (χ4n) is 2.39. The van der Waals surface area contributed by atoms with Crippen molar-refractivity contribution in [1.82, 2.24) is 4.90 Å². The second-order valence-corrected chi connectivity index (χ2v) is 5.35. The van der Waals surface area contributed by atoms with Gasteiger partial charge in [-0.1, -0.05) is 12.1 Å². The quantitative estimate of drug-likeness (QED) is 0.858.